The summed E-state index contributed by atoms with van der Waals surface area (Å²) in [6.07, 6.45) is 2.31. The molecule has 1 saturated heterocycles. The number of carbonyl (C=O) groups excluding carboxylic acids is 1. The summed E-state index contributed by atoms with van der Waals surface area (Å²) in [5, 5.41) is 3.22. The molecule has 1 saturated carbocycles. The van der Waals surface area contributed by atoms with Crippen molar-refractivity contribution in [3.63, 3.8) is 0 Å². The smallest absolute Gasteiger partial charge is 0.223 e. The molecule has 144 valence electrons. The molecule has 0 spiro atoms. The molecular formula is C20H27ClF2N2O. The van der Waals surface area contributed by atoms with E-state index in [1.165, 1.54) is 12.1 Å². The van der Waals surface area contributed by atoms with Crippen molar-refractivity contribution >= 4 is 17.5 Å². The summed E-state index contributed by atoms with van der Waals surface area (Å²) < 4.78 is 29.7. The fraction of sp³-hybridized carbons (Fsp3) is 0.650. The van der Waals surface area contributed by atoms with Gasteiger partial charge in [-0.2, -0.15) is 0 Å². The van der Waals surface area contributed by atoms with Gasteiger partial charge in [0.05, 0.1) is 0 Å². The fourth-order valence-corrected chi connectivity index (χ4v) is 4.03. The van der Waals surface area contributed by atoms with Gasteiger partial charge >= 0.3 is 0 Å². The Kier molecular flexibility index (Phi) is 5.88. The number of nitrogens with zero attached hydrogens (tertiary/aromatic N) is 1. The van der Waals surface area contributed by atoms with Crippen molar-refractivity contribution in [2.45, 2.75) is 51.7 Å². The van der Waals surface area contributed by atoms with Crippen LogP contribution < -0.4 is 5.32 Å². The number of hydrogen-bond acceptors (Lipinski definition) is 2. The maximum absolute atomic E-state index is 15.1. The van der Waals surface area contributed by atoms with E-state index >= 15 is 4.39 Å². The maximum atomic E-state index is 15.1. The maximum Gasteiger partial charge on any atom is 0.223 e. The summed E-state index contributed by atoms with van der Waals surface area (Å²) in [5.74, 6) is -0.772. The highest BCUT2D eigenvalue weighted by atomic mass is 35.5. The molecule has 3 rings (SSSR count). The van der Waals surface area contributed by atoms with Crippen LogP contribution in [0.2, 0.25) is 5.02 Å². The van der Waals surface area contributed by atoms with Crippen LogP contribution >= 0.6 is 11.6 Å². The zero-order chi connectivity index (χ0) is 18.9. The topological polar surface area (TPSA) is 32.3 Å². The summed E-state index contributed by atoms with van der Waals surface area (Å²) >= 11 is 6.31. The predicted molar refractivity (Wildman–Crippen MR) is 99.3 cm³/mol. The Hall–Kier alpha value is -1.20. The van der Waals surface area contributed by atoms with Gasteiger partial charge in [0.2, 0.25) is 5.91 Å². The van der Waals surface area contributed by atoms with Crippen LogP contribution in [-0.2, 0) is 17.0 Å². The van der Waals surface area contributed by atoms with Gasteiger partial charge in [0, 0.05) is 29.6 Å². The lowest BCUT2D eigenvalue weighted by molar-refractivity contribution is -0.134. The van der Waals surface area contributed by atoms with Gasteiger partial charge in [-0.3, -0.25) is 9.69 Å². The molecule has 26 heavy (non-hydrogen) atoms. The van der Waals surface area contributed by atoms with E-state index in [1.807, 2.05) is 13.8 Å². The largest absolute Gasteiger partial charge is 0.356 e. The van der Waals surface area contributed by atoms with Gasteiger partial charge < -0.3 is 5.32 Å². The average Bonchev–Trinajstić information content (AvgIpc) is 3.05. The quantitative estimate of drug-likeness (QED) is 0.787. The van der Waals surface area contributed by atoms with Crippen molar-refractivity contribution < 1.29 is 13.6 Å². The van der Waals surface area contributed by atoms with E-state index in [4.69, 9.17) is 11.6 Å². The fourth-order valence-electron chi connectivity index (χ4n) is 3.81. The van der Waals surface area contributed by atoms with Crippen molar-refractivity contribution in [3.8, 4) is 0 Å². The normalized spacial score (nSPS) is 26.2. The van der Waals surface area contributed by atoms with E-state index in [0.29, 0.717) is 29.6 Å². The first-order chi connectivity index (χ1) is 12.3. The molecule has 1 heterocycles. The Bertz CT molecular complexity index is 668. The summed E-state index contributed by atoms with van der Waals surface area (Å²) in [6, 6.07) is 2.79. The third-order valence-electron chi connectivity index (χ3n) is 5.41. The van der Waals surface area contributed by atoms with Gasteiger partial charge in [0.25, 0.3) is 0 Å². The van der Waals surface area contributed by atoms with Crippen LogP contribution in [0.3, 0.4) is 0 Å². The highest BCUT2D eigenvalue weighted by Crippen LogP contribution is 2.50. The number of benzene rings is 1. The van der Waals surface area contributed by atoms with E-state index < -0.39 is 17.4 Å². The second kappa shape index (κ2) is 7.81. The van der Waals surface area contributed by atoms with Gasteiger partial charge in [-0.25, -0.2) is 8.78 Å². The Balaban J connectivity index is 1.66. The number of likely N-dealkylation sites (tertiary alicyclic amines) is 1. The minimum Gasteiger partial charge on any atom is -0.356 e. The molecule has 1 aromatic carbocycles. The van der Waals surface area contributed by atoms with E-state index in [9.17, 15) is 9.18 Å². The molecule has 2 aliphatic rings. The second-order valence-corrected chi connectivity index (χ2v) is 8.52. The zero-order valence-corrected chi connectivity index (χ0v) is 16.2. The Morgan fingerprint density at radius 3 is 2.62 bits per heavy atom. The average molecular weight is 385 g/mol. The Morgan fingerprint density at radius 2 is 2.00 bits per heavy atom. The lowest BCUT2D eigenvalue weighted by atomic mass is 9.68. The molecule has 1 amide bonds. The number of nitrogens with one attached hydrogen (secondary N) is 1. The van der Waals surface area contributed by atoms with E-state index in [-0.39, 0.29) is 24.3 Å². The molecule has 1 aliphatic carbocycles. The highest BCUT2D eigenvalue weighted by Gasteiger charge is 2.50. The van der Waals surface area contributed by atoms with E-state index in [0.717, 1.165) is 25.9 Å². The molecule has 0 unspecified atom stereocenters. The number of halogens is 3. The number of hydrogen-bond donors (Lipinski definition) is 1. The SMILES string of the molecule is CC(C)CNC(=O)[C@H]1C[C@](F)(c2cc(Cl)c(CN3CCCC3)cc2F)C1. The Labute approximate surface area is 159 Å². The number of alkyl halides is 1. The van der Waals surface area contributed by atoms with Crippen molar-refractivity contribution in [2.24, 2.45) is 11.8 Å². The third kappa shape index (κ3) is 4.20. The molecule has 6 heteroatoms. The molecule has 1 aromatic rings. The van der Waals surface area contributed by atoms with Crippen LogP contribution in [0, 0.1) is 17.7 Å². The second-order valence-electron chi connectivity index (χ2n) is 8.12. The van der Waals surface area contributed by atoms with Crippen molar-refractivity contribution in [1.29, 1.82) is 0 Å². The van der Waals surface area contributed by atoms with Crippen LogP contribution in [0.15, 0.2) is 12.1 Å². The molecule has 0 atom stereocenters. The van der Waals surface area contributed by atoms with Crippen LogP contribution in [0.1, 0.15) is 50.7 Å². The number of amides is 1. The van der Waals surface area contributed by atoms with E-state index in [2.05, 4.69) is 10.2 Å². The number of carbonyl (C=O) groups is 1. The first-order valence-electron chi connectivity index (χ1n) is 9.46. The lowest BCUT2D eigenvalue weighted by Crippen LogP contribution is -2.46. The van der Waals surface area contributed by atoms with Crippen molar-refractivity contribution in [2.75, 3.05) is 19.6 Å². The van der Waals surface area contributed by atoms with Crippen LogP contribution in [-0.4, -0.2) is 30.4 Å². The highest BCUT2D eigenvalue weighted by molar-refractivity contribution is 6.31. The number of rotatable bonds is 6. The summed E-state index contributed by atoms with van der Waals surface area (Å²) in [4.78, 5) is 14.3. The standard InChI is InChI=1S/C20H27ClF2N2O/c1-13(2)11-24-19(26)15-9-20(23,10-15)16-8-17(21)14(7-18(16)22)12-25-5-3-4-6-25/h7-8,13,15H,3-6,9-12H2,1-2H3,(H,24,26)/t15-,20+. The van der Waals surface area contributed by atoms with Crippen LogP contribution in [0.25, 0.3) is 0 Å². The summed E-state index contributed by atoms with van der Waals surface area (Å²) in [6.45, 7) is 7.14. The minimum absolute atomic E-state index is 0.00957. The molecule has 0 radical (unpaired) electrons. The predicted octanol–water partition coefficient (Wildman–Crippen LogP) is 4.42. The molecular weight excluding hydrogens is 358 g/mol. The van der Waals surface area contributed by atoms with E-state index in [1.54, 1.807) is 0 Å². The molecule has 0 aromatic heterocycles. The molecule has 2 fully saturated rings. The zero-order valence-electron chi connectivity index (χ0n) is 15.5. The van der Waals surface area contributed by atoms with Crippen molar-refractivity contribution in [1.82, 2.24) is 10.2 Å². The Morgan fingerprint density at radius 1 is 1.35 bits per heavy atom. The van der Waals surface area contributed by atoms with Gasteiger partial charge in [-0.1, -0.05) is 25.4 Å². The minimum atomic E-state index is -1.81. The van der Waals surface area contributed by atoms with Crippen molar-refractivity contribution in [3.05, 3.63) is 34.1 Å². The van der Waals surface area contributed by atoms with Gasteiger partial charge in [-0.15, -0.1) is 0 Å². The molecule has 1 N–H and O–H groups in total. The van der Waals surface area contributed by atoms with Gasteiger partial charge in [-0.05, 0) is 62.4 Å². The summed E-state index contributed by atoms with van der Waals surface area (Å²) in [5.41, 5.74) is -1.12. The van der Waals surface area contributed by atoms with Gasteiger partial charge in [0.1, 0.15) is 11.5 Å². The van der Waals surface area contributed by atoms with Crippen LogP contribution in [0.5, 0.6) is 0 Å². The summed E-state index contributed by atoms with van der Waals surface area (Å²) in [7, 11) is 0. The first-order valence-corrected chi connectivity index (χ1v) is 9.83. The molecule has 3 nitrogen and oxygen atoms in total. The third-order valence-corrected chi connectivity index (χ3v) is 5.76. The molecule has 0 bridgehead atoms. The van der Waals surface area contributed by atoms with Crippen LogP contribution in [0.4, 0.5) is 8.78 Å². The molecule has 1 aliphatic heterocycles. The first kappa shape index (κ1) is 19.6. The monoisotopic (exact) mass is 384 g/mol. The van der Waals surface area contributed by atoms with Gasteiger partial charge in [0.15, 0.2) is 0 Å². The lowest BCUT2D eigenvalue weighted by Gasteiger charge is -2.41.